The van der Waals surface area contributed by atoms with Crippen LogP contribution >= 0.6 is 23.2 Å². The predicted octanol–water partition coefficient (Wildman–Crippen LogP) is 4.15. The highest BCUT2D eigenvalue weighted by molar-refractivity contribution is 6.35. The third kappa shape index (κ3) is 3.65. The van der Waals surface area contributed by atoms with Gasteiger partial charge in [0.25, 0.3) is 5.91 Å². The molecule has 5 nitrogen and oxygen atoms in total. The molecule has 2 unspecified atom stereocenters. The van der Waals surface area contributed by atoms with Gasteiger partial charge in [-0.05, 0) is 49.6 Å². The Morgan fingerprint density at radius 3 is 2.88 bits per heavy atom. The number of aromatic nitrogens is 1. The van der Waals surface area contributed by atoms with E-state index in [1.807, 2.05) is 4.90 Å². The Morgan fingerprint density at radius 1 is 1.19 bits per heavy atom. The van der Waals surface area contributed by atoms with Crippen LogP contribution in [0.2, 0.25) is 10.0 Å². The molecule has 136 valence electrons. The lowest BCUT2D eigenvalue weighted by molar-refractivity contribution is 0.0745. The minimum atomic E-state index is -0.0625. The molecule has 1 N–H and O–H groups in total. The van der Waals surface area contributed by atoms with Crippen molar-refractivity contribution >= 4 is 29.1 Å². The van der Waals surface area contributed by atoms with Crippen molar-refractivity contribution in [2.24, 2.45) is 0 Å². The fourth-order valence-electron chi connectivity index (χ4n) is 3.59. The maximum Gasteiger partial charge on any atom is 0.259 e. The zero-order valence-electron chi connectivity index (χ0n) is 14.1. The summed E-state index contributed by atoms with van der Waals surface area (Å²) in [7, 11) is 0. The zero-order valence-corrected chi connectivity index (χ0v) is 15.6. The van der Waals surface area contributed by atoms with Gasteiger partial charge in [0, 0.05) is 36.4 Å². The first kappa shape index (κ1) is 17.6. The van der Waals surface area contributed by atoms with E-state index in [1.54, 1.807) is 36.5 Å². The second-order valence-corrected chi connectivity index (χ2v) is 7.55. The summed E-state index contributed by atoms with van der Waals surface area (Å²) in [5.74, 6) is 0.608. The fraction of sp³-hybridized carbons (Fsp3) is 0.368. The molecule has 2 saturated heterocycles. The Labute approximate surface area is 162 Å². The molecular formula is C19H19Cl2N3O2. The van der Waals surface area contributed by atoms with Crippen molar-refractivity contribution in [3.8, 4) is 11.6 Å². The van der Waals surface area contributed by atoms with Crippen LogP contribution in [0.3, 0.4) is 0 Å². The van der Waals surface area contributed by atoms with Crippen molar-refractivity contribution in [1.29, 1.82) is 0 Å². The summed E-state index contributed by atoms with van der Waals surface area (Å²) in [4.78, 5) is 19.2. The van der Waals surface area contributed by atoms with Gasteiger partial charge in [0.15, 0.2) is 0 Å². The van der Waals surface area contributed by atoms with Gasteiger partial charge in [0.05, 0.1) is 5.02 Å². The summed E-state index contributed by atoms with van der Waals surface area (Å²) in [5, 5.41) is 4.48. The molecule has 0 saturated carbocycles. The average Bonchev–Trinajstić information content (AvgIpc) is 2.96. The van der Waals surface area contributed by atoms with Crippen LogP contribution in [0.5, 0.6) is 11.6 Å². The SMILES string of the molecule is O=C(c1cccnc1Oc1ccc(Cl)cc1Cl)N1CCC2CCC(C1)N2. The van der Waals surface area contributed by atoms with Gasteiger partial charge in [0.1, 0.15) is 11.3 Å². The lowest BCUT2D eigenvalue weighted by Crippen LogP contribution is -2.39. The van der Waals surface area contributed by atoms with Crippen molar-refractivity contribution in [2.75, 3.05) is 13.1 Å². The van der Waals surface area contributed by atoms with E-state index < -0.39 is 0 Å². The molecule has 1 aromatic carbocycles. The summed E-state index contributed by atoms with van der Waals surface area (Å²) in [5.41, 5.74) is 0.441. The molecule has 2 aliphatic heterocycles. The first-order valence-corrected chi connectivity index (χ1v) is 9.49. The minimum Gasteiger partial charge on any atom is -0.437 e. The van der Waals surface area contributed by atoms with Crippen LogP contribution in [-0.4, -0.2) is 41.0 Å². The minimum absolute atomic E-state index is 0.0625. The molecule has 2 aromatic rings. The molecule has 2 fully saturated rings. The van der Waals surface area contributed by atoms with Gasteiger partial charge in [-0.3, -0.25) is 4.79 Å². The summed E-state index contributed by atoms with van der Waals surface area (Å²) in [6.07, 6.45) is 4.89. The van der Waals surface area contributed by atoms with E-state index in [-0.39, 0.29) is 11.8 Å². The molecule has 1 aromatic heterocycles. The van der Waals surface area contributed by atoms with Crippen LogP contribution in [0, 0.1) is 0 Å². The van der Waals surface area contributed by atoms with Gasteiger partial charge in [0.2, 0.25) is 5.88 Å². The maximum atomic E-state index is 13.1. The van der Waals surface area contributed by atoms with Gasteiger partial charge in [-0.15, -0.1) is 0 Å². The molecule has 2 aliphatic rings. The number of fused-ring (bicyclic) bond motifs is 2. The second-order valence-electron chi connectivity index (χ2n) is 6.71. The van der Waals surface area contributed by atoms with Crippen LogP contribution < -0.4 is 10.1 Å². The van der Waals surface area contributed by atoms with Gasteiger partial charge in [-0.25, -0.2) is 4.98 Å². The van der Waals surface area contributed by atoms with Crippen molar-refractivity contribution in [3.63, 3.8) is 0 Å². The Bertz CT molecular complexity index is 830. The van der Waals surface area contributed by atoms with Crippen LogP contribution in [0.25, 0.3) is 0 Å². The van der Waals surface area contributed by atoms with Crippen molar-refractivity contribution in [2.45, 2.75) is 31.3 Å². The standard InChI is InChI=1S/C19H19Cl2N3O2/c20-12-3-6-17(16(21)10-12)26-18-15(2-1-8-22-18)19(25)24-9-7-13-4-5-14(11-24)23-13/h1-3,6,8,10,13-14,23H,4-5,7,9,11H2. The van der Waals surface area contributed by atoms with Gasteiger partial charge >= 0.3 is 0 Å². The Kier molecular flexibility index (Phi) is 5.02. The molecule has 4 rings (SSSR count). The number of amides is 1. The number of hydrogen-bond acceptors (Lipinski definition) is 4. The number of carbonyl (C=O) groups is 1. The van der Waals surface area contributed by atoms with Crippen molar-refractivity contribution in [1.82, 2.24) is 15.2 Å². The second kappa shape index (κ2) is 7.43. The van der Waals surface area contributed by atoms with Crippen LogP contribution in [-0.2, 0) is 0 Å². The number of benzene rings is 1. The predicted molar refractivity (Wildman–Crippen MR) is 101 cm³/mol. The Balaban J connectivity index is 1.58. The first-order valence-electron chi connectivity index (χ1n) is 8.73. The van der Waals surface area contributed by atoms with Crippen molar-refractivity contribution in [3.05, 3.63) is 52.1 Å². The van der Waals surface area contributed by atoms with Gasteiger partial charge in [-0.1, -0.05) is 23.2 Å². The number of hydrogen-bond donors (Lipinski definition) is 1. The average molecular weight is 392 g/mol. The molecule has 0 radical (unpaired) electrons. The molecule has 2 bridgehead atoms. The summed E-state index contributed by atoms with van der Waals surface area (Å²) in [6, 6.07) is 9.33. The number of ether oxygens (including phenoxy) is 1. The van der Waals surface area contributed by atoms with Crippen LogP contribution in [0.4, 0.5) is 0 Å². The van der Waals surface area contributed by atoms with Crippen LogP contribution in [0.1, 0.15) is 29.6 Å². The quantitative estimate of drug-likeness (QED) is 0.853. The number of likely N-dealkylation sites (tertiary alicyclic amines) is 1. The summed E-state index contributed by atoms with van der Waals surface area (Å²) < 4.78 is 5.84. The Morgan fingerprint density at radius 2 is 2.04 bits per heavy atom. The van der Waals surface area contributed by atoms with E-state index in [1.165, 1.54) is 6.42 Å². The topological polar surface area (TPSA) is 54.5 Å². The zero-order chi connectivity index (χ0) is 18.1. The first-order chi connectivity index (χ1) is 12.6. The van der Waals surface area contributed by atoms with E-state index >= 15 is 0 Å². The number of nitrogens with one attached hydrogen (secondary N) is 1. The molecule has 2 atom stereocenters. The highest BCUT2D eigenvalue weighted by atomic mass is 35.5. The fourth-order valence-corrected chi connectivity index (χ4v) is 4.04. The smallest absolute Gasteiger partial charge is 0.259 e. The molecule has 7 heteroatoms. The van der Waals surface area contributed by atoms with E-state index in [9.17, 15) is 4.79 Å². The van der Waals surface area contributed by atoms with E-state index in [0.717, 1.165) is 19.4 Å². The normalized spacial score (nSPS) is 22.2. The number of rotatable bonds is 3. The van der Waals surface area contributed by atoms with E-state index in [0.29, 0.717) is 40.0 Å². The highest BCUT2D eigenvalue weighted by Gasteiger charge is 2.32. The third-order valence-corrected chi connectivity index (χ3v) is 5.44. The van der Waals surface area contributed by atoms with E-state index in [4.69, 9.17) is 27.9 Å². The molecular weight excluding hydrogens is 373 g/mol. The van der Waals surface area contributed by atoms with Crippen molar-refractivity contribution < 1.29 is 9.53 Å². The van der Waals surface area contributed by atoms with Gasteiger partial charge in [-0.2, -0.15) is 0 Å². The molecule has 26 heavy (non-hydrogen) atoms. The maximum absolute atomic E-state index is 13.1. The van der Waals surface area contributed by atoms with E-state index in [2.05, 4.69) is 10.3 Å². The molecule has 1 amide bonds. The Hall–Kier alpha value is -1.82. The van der Waals surface area contributed by atoms with Crippen LogP contribution in [0.15, 0.2) is 36.5 Å². The number of nitrogens with zero attached hydrogens (tertiary/aromatic N) is 2. The van der Waals surface area contributed by atoms with Gasteiger partial charge < -0.3 is 15.0 Å². The monoisotopic (exact) mass is 391 g/mol. The lowest BCUT2D eigenvalue weighted by Gasteiger charge is -2.25. The summed E-state index contributed by atoms with van der Waals surface area (Å²) >= 11 is 12.1. The number of pyridine rings is 1. The molecule has 3 heterocycles. The number of halogens is 2. The molecule has 0 aliphatic carbocycles. The lowest BCUT2D eigenvalue weighted by atomic mass is 10.1. The largest absolute Gasteiger partial charge is 0.437 e. The summed E-state index contributed by atoms with van der Waals surface area (Å²) in [6.45, 7) is 1.45. The third-order valence-electron chi connectivity index (χ3n) is 4.91. The number of carbonyl (C=O) groups excluding carboxylic acids is 1. The highest BCUT2D eigenvalue weighted by Crippen LogP contribution is 2.32. The molecule has 0 spiro atoms.